The zero-order chi connectivity index (χ0) is 13.3. The summed E-state index contributed by atoms with van der Waals surface area (Å²) in [6.07, 6.45) is -2.71. The van der Waals surface area contributed by atoms with E-state index < -0.39 is 23.1 Å². The predicted molar refractivity (Wildman–Crippen MR) is 55.3 cm³/mol. The molecule has 0 fully saturated rings. The molecule has 18 heavy (non-hydrogen) atoms. The minimum atomic E-state index is -4.72. The highest BCUT2D eigenvalue weighted by molar-refractivity contribution is 5.63. The van der Waals surface area contributed by atoms with Gasteiger partial charge in [0.1, 0.15) is 5.82 Å². The Hall–Kier alpha value is -2.18. The van der Waals surface area contributed by atoms with E-state index in [2.05, 4.69) is 9.97 Å². The van der Waals surface area contributed by atoms with Gasteiger partial charge >= 0.3 is 6.18 Å². The second-order valence-corrected chi connectivity index (χ2v) is 3.50. The summed E-state index contributed by atoms with van der Waals surface area (Å²) >= 11 is 0. The summed E-state index contributed by atoms with van der Waals surface area (Å²) in [5, 5.41) is 0. The smallest absolute Gasteiger partial charge is 0.319 e. The van der Waals surface area contributed by atoms with Crippen molar-refractivity contribution in [3.05, 3.63) is 52.3 Å². The Morgan fingerprint density at radius 2 is 1.89 bits per heavy atom. The van der Waals surface area contributed by atoms with Gasteiger partial charge in [-0.25, -0.2) is 4.39 Å². The van der Waals surface area contributed by atoms with E-state index >= 15 is 0 Å². The highest BCUT2D eigenvalue weighted by Gasteiger charge is 2.34. The van der Waals surface area contributed by atoms with Gasteiger partial charge in [-0.05, 0) is 18.2 Å². The predicted octanol–water partition coefficient (Wildman–Crippen LogP) is 2.59. The first-order chi connectivity index (χ1) is 8.38. The molecule has 0 aliphatic carbocycles. The number of H-pyrrole nitrogens is 1. The summed E-state index contributed by atoms with van der Waals surface area (Å²) in [6, 6.07) is 2.21. The van der Waals surface area contributed by atoms with Gasteiger partial charge in [-0.3, -0.25) is 9.78 Å². The molecule has 0 spiro atoms. The van der Waals surface area contributed by atoms with Gasteiger partial charge in [-0.1, -0.05) is 0 Å². The van der Waals surface area contributed by atoms with Crippen LogP contribution in [0.15, 0.2) is 35.4 Å². The minimum Gasteiger partial charge on any atom is -0.319 e. The highest BCUT2D eigenvalue weighted by Crippen LogP contribution is 2.36. The van der Waals surface area contributed by atoms with Crippen molar-refractivity contribution in [1.29, 1.82) is 0 Å². The summed E-state index contributed by atoms with van der Waals surface area (Å²) in [4.78, 5) is 16.7. The van der Waals surface area contributed by atoms with Crippen LogP contribution in [0, 0.1) is 5.82 Å². The lowest BCUT2D eigenvalue weighted by molar-refractivity contribution is -0.137. The molecule has 2 aromatic rings. The Morgan fingerprint density at radius 1 is 1.17 bits per heavy atom. The number of aromatic amines is 1. The maximum Gasteiger partial charge on any atom is 0.417 e. The molecular weight excluding hydrogens is 252 g/mol. The Balaban J connectivity index is 2.68. The van der Waals surface area contributed by atoms with Crippen LogP contribution in [-0.4, -0.2) is 9.97 Å². The van der Waals surface area contributed by atoms with Crippen molar-refractivity contribution < 1.29 is 17.6 Å². The Kier molecular flexibility index (Phi) is 2.90. The van der Waals surface area contributed by atoms with Gasteiger partial charge in [0.2, 0.25) is 0 Å². The summed E-state index contributed by atoms with van der Waals surface area (Å²) in [7, 11) is 0. The number of aromatic nitrogens is 2. The van der Waals surface area contributed by atoms with Gasteiger partial charge in [-0.15, -0.1) is 0 Å². The summed E-state index contributed by atoms with van der Waals surface area (Å²) in [5.41, 5.74) is -2.24. The van der Waals surface area contributed by atoms with Crippen LogP contribution in [-0.2, 0) is 6.18 Å². The fourth-order valence-corrected chi connectivity index (χ4v) is 1.50. The lowest BCUT2D eigenvalue weighted by Crippen LogP contribution is -2.11. The average Bonchev–Trinajstić information content (AvgIpc) is 2.27. The van der Waals surface area contributed by atoms with E-state index in [4.69, 9.17) is 0 Å². The third-order valence-corrected chi connectivity index (χ3v) is 2.23. The van der Waals surface area contributed by atoms with E-state index in [-0.39, 0.29) is 11.3 Å². The van der Waals surface area contributed by atoms with E-state index in [0.29, 0.717) is 6.07 Å². The fourth-order valence-electron chi connectivity index (χ4n) is 1.50. The normalized spacial score (nSPS) is 11.6. The maximum absolute atomic E-state index is 12.9. The van der Waals surface area contributed by atoms with Gasteiger partial charge in [0.25, 0.3) is 5.56 Å². The molecule has 1 N–H and O–H groups in total. The molecule has 0 unspecified atom stereocenters. The molecule has 0 saturated heterocycles. The van der Waals surface area contributed by atoms with Crippen LogP contribution in [0.1, 0.15) is 5.56 Å². The van der Waals surface area contributed by atoms with Crippen LogP contribution in [0.4, 0.5) is 17.6 Å². The third-order valence-electron chi connectivity index (χ3n) is 2.23. The van der Waals surface area contributed by atoms with E-state index in [9.17, 15) is 22.4 Å². The molecule has 3 nitrogen and oxygen atoms in total. The van der Waals surface area contributed by atoms with Crippen molar-refractivity contribution >= 4 is 0 Å². The second kappa shape index (κ2) is 4.25. The van der Waals surface area contributed by atoms with Crippen LogP contribution in [0.2, 0.25) is 0 Å². The van der Waals surface area contributed by atoms with E-state index in [1.54, 1.807) is 0 Å². The van der Waals surface area contributed by atoms with Gasteiger partial charge in [0.15, 0.2) is 0 Å². The van der Waals surface area contributed by atoms with Crippen molar-refractivity contribution in [3.63, 3.8) is 0 Å². The zero-order valence-electron chi connectivity index (χ0n) is 8.75. The van der Waals surface area contributed by atoms with Crippen molar-refractivity contribution in [2.75, 3.05) is 0 Å². The second-order valence-electron chi connectivity index (χ2n) is 3.50. The molecule has 0 aliphatic heterocycles. The first-order valence-corrected chi connectivity index (χ1v) is 4.79. The molecular formula is C11H6F4N2O. The first-order valence-electron chi connectivity index (χ1n) is 4.79. The summed E-state index contributed by atoms with van der Waals surface area (Å²) in [6.45, 7) is 0. The van der Waals surface area contributed by atoms with Gasteiger partial charge in [0.05, 0.1) is 23.7 Å². The molecule has 1 heterocycles. The Labute approximate surface area is 98.1 Å². The van der Waals surface area contributed by atoms with E-state index in [0.717, 1.165) is 24.5 Å². The molecule has 1 aromatic heterocycles. The van der Waals surface area contributed by atoms with Crippen LogP contribution < -0.4 is 5.56 Å². The number of halogens is 4. The molecule has 7 heteroatoms. The van der Waals surface area contributed by atoms with Crippen molar-refractivity contribution in [1.82, 2.24) is 9.97 Å². The minimum absolute atomic E-state index is 0.116. The van der Waals surface area contributed by atoms with Crippen LogP contribution in [0.3, 0.4) is 0 Å². The number of nitrogens with one attached hydrogen (secondary N) is 1. The third kappa shape index (κ3) is 2.39. The SMILES string of the molecule is O=c1cncc(-c2ccc(F)cc2C(F)(F)F)[nH]1. The van der Waals surface area contributed by atoms with Gasteiger partial charge in [0, 0.05) is 5.56 Å². The number of benzene rings is 1. The molecule has 0 atom stereocenters. The molecule has 0 bridgehead atoms. The van der Waals surface area contributed by atoms with E-state index in [1.807, 2.05) is 0 Å². The summed E-state index contributed by atoms with van der Waals surface area (Å²) < 4.78 is 51.1. The highest BCUT2D eigenvalue weighted by atomic mass is 19.4. The van der Waals surface area contributed by atoms with Crippen LogP contribution in [0.25, 0.3) is 11.3 Å². The Morgan fingerprint density at radius 3 is 2.50 bits per heavy atom. The number of rotatable bonds is 1. The van der Waals surface area contributed by atoms with Crippen molar-refractivity contribution in [2.45, 2.75) is 6.18 Å². The zero-order valence-corrected chi connectivity index (χ0v) is 8.75. The van der Waals surface area contributed by atoms with Crippen LogP contribution in [0.5, 0.6) is 0 Å². The maximum atomic E-state index is 12.9. The van der Waals surface area contributed by atoms with Crippen molar-refractivity contribution in [3.8, 4) is 11.3 Å². The molecule has 0 aliphatic rings. The molecule has 0 radical (unpaired) electrons. The van der Waals surface area contributed by atoms with Crippen LogP contribution >= 0.6 is 0 Å². The molecule has 0 saturated carbocycles. The molecule has 94 valence electrons. The molecule has 1 aromatic carbocycles. The number of alkyl halides is 3. The molecule has 0 amide bonds. The molecule has 2 rings (SSSR count). The fraction of sp³-hybridized carbons (Fsp3) is 0.0909. The van der Waals surface area contributed by atoms with E-state index in [1.165, 1.54) is 0 Å². The Bertz CT molecular complexity index is 633. The van der Waals surface area contributed by atoms with Gasteiger partial charge < -0.3 is 4.98 Å². The largest absolute Gasteiger partial charge is 0.417 e. The standard InChI is InChI=1S/C11H6F4N2O/c12-6-1-2-7(8(3-6)11(13,14)15)9-4-16-5-10(18)17-9/h1-5H,(H,17,18). The lowest BCUT2D eigenvalue weighted by Gasteiger charge is -2.12. The topological polar surface area (TPSA) is 45.8 Å². The van der Waals surface area contributed by atoms with Gasteiger partial charge in [-0.2, -0.15) is 13.2 Å². The number of hydrogen-bond donors (Lipinski definition) is 1. The average molecular weight is 258 g/mol. The number of nitrogens with zero attached hydrogens (tertiary/aromatic N) is 1. The lowest BCUT2D eigenvalue weighted by atomic mass is 10.0. The number of hydrogen-bond acceptors (Lipinski definition) is 2. The quantitative estimate of drug-likeness (QED) is 0.799. The summed E-state index contributed by atoms with van der Waals surface area (Å²) in [5.74, 6) is -1.00. The first kappa shape index (κ1) is 12.3. The van der Waals surface area contributed by atoms with Crippen molar-refractivity contribution in [2.24, 2.45) is 0 Å². The monoisotopic (exact) mass is 258 g/mol.